The molecule has 0 radical (unpaired) electrons. The number of hydrogen-bond acceptors (Lipinski definition) is 5. The van der Waals surface area contributed by atoms with Gasteiger partial charge in [-0.25, -0.2) is 4.63 Å². The minimum absolute atomic E-state index is 0.289. The summed E-state index contributed by atoms with van der Waals surface area (Å²) in [5.41, 5.74) is 8.66. The third-order valence-corrected chi connectivity index (χ3v) is 2.83. The first kappa shape index (κ1) is 10.8. The van der Waals surface area contributed by atoms with Gasteiger partial charge in [-0.1, -0.05) is 5.16 Å². The van der Waals surface area contributed by atoms with Crippen LogP contribution >= 0.6 is 0 Å². The fourth-order valence-corrected chi connectivity index (χ4v) is 1.91. The topological polar surface area (TPSA) is 90.0 Å². The van der Waals surface area contributed by atoms with Crippen LogP contribution in [0, 0.1) is 0 Å². The molecule has 0 amide bonds. The molecule has 3 N–H and O–H groups in total. The van der Waals surface area contributed by atoms with Crippen LogP contribution in [0.25, 0.3) is 22.3 Å². The number of aromatic amines is 1. The van der Waals surface area contributed by atoms with E-state index in [0.29, 0.717) is 11.4 Å². The number of ether oxygens (including phenoxy) is 1. The zero-order valence-corrected chi connectivity index (χ0v) is 9.80. The molecule has 0 saturated carbocycles. The van der Waals surface area contributed by atoms with Gasteiger partial charge in [-0.05, 0) is 23.4 Å². The monoisotopic (exact) mass is 244 g/mol. The summed E-state index contributed by atoms with van der Waals surface area (Å²) in [7, 11) is 1.64. The number of nitrogens with two attached hydrogens (primary N) is 1. The zero-order chi connectivity index (χ0) is 12.5. The first-order valence-corrected chi connectivity index (χ1v) is 5.50. The van der Waals surface area contributed by atoms with Crippen molar-refractivity contribution < 1.29 is 9.37 Å². The SMILES string of the molecule is COc1ccc2cc(-c3nonc3CN)[nH]c2c1. The summed E-state index contributed by atoms with van der Waals surface area (Å²) >= 11 is 0. The standard InChI is InChI=1S/C12H12N4O2/c1-17-8-3-2-7-4-10(14-9(7)5-8)12-11(6-13)15-18-16-12/h2-5,14H,6,13H2,1H3. The van der Waals surface area contributed by atoms with Gasteiger partial charge in [0.2, 0.25) is 0 Å². The van der Waals surface area contributed by atoms with Crippen LogP contribution in [0.4, 0.5) is 0 Å². The average Bonchev–Trinajstić information content (AvgIpc) is 3.03. The molecule has 0 spiro atoms. The molecule has 3 rings (SSSR count). The molecule has 0 aliphatic rings. The van der Waals surface area contributed by atoms with E-state index in [1.807, 2.05) is 24.3 Å². The van der Waals surface area contributed by atoms with Gasteiger partial charge in [0.05, 0.1) is 12.8 Å². The van der Waals surface area contributed by atoms with Crippen molar-refractivity contribution in [2.45, 2.75) is 6.54 Å². The smallest absolute Gasteiger partial charge is 0.155 e. The van der Waals surface area contributed by atoms with Gasteiger partial charge in [-0.2, -0.15) is 0 Å². The summed E-state index contributed by atoms with van der Waals surface area (Å²) < 4.78 is 9.89. The van der Waals surface area contributed by atoms with E-state index in [0.717, 1.165) is 22.3 Å². The summed E-state index contributed by atoms with van der Waals surface area (Å²) in [5, 5.41) is 8.69. The van der Waals surface area contributed by atoms with E-state index in [1.54, 1.807) is 7.11 Å². The first-order valence-electron chi connectivity index (χ1n) is 5.50. The Morgan fingerprint density at radius 2 is 2.22 bits per heavy atom. The van der Waals surface area contributed by atoms with Crippen molar-refractivity contribution in [2.24, 2.45) is 5.73 Å². The second kappa shape index (κ2) is 4.15. The van der Waals surface area contributed by atoms with Gasteiger partial charge in [-0.15, -0.1) is 0 Å². The highest BCUT2D eigenvalue weighted by molar-refractivity contribution is 5.86. The molecule has 1 aromatic carbocycles. The van der Waals surface area contributed by atoms with Crippen LogP contribution in [0.1, 0.15) is 5.69 Å². The van der Waals surface area contributed by atoms with Crippen LogP contribution in [-0.2, 0) is 6.54 Å². The number of nitrogens with one attached hydrogen (secondary N) is 1. The molecule has 0 aliphatic carbocycles. The molecule has 0 aliphatic heterocycles. The Morgan fingerprint density at radius 1 is 1.33 bits per heavy atom. The Kier molecular flexibility index (Phi) is 2.49. The predicted octanol–water partition coefficient (Wildman–Crippen LogP) is 1.69. The second-order valence-corrected chi connectivity index (χ2v) is 3.90. The van der Waals surface area contributed by atoms with Crippen molar-refractivity contribution in [3.8, 4) is 17.1 Å². The highest BCUT2D eigenvalue weighted by Gasteiger charge is 2.13. The molecule has 18 heavy (non-hydrogen) atoms. The number of hydrogen-bond donors (Lipinski definition) is 2. The van der Waals surface area contributed by atoms with Gasteiger partial charge in [0.25, 0.3) is 0 Å². The van der Waals surface area contributed by atoms with Crippen LogP contribution in [0.15, 0.2) is 28.9 Å². The van der Waals surface area contributed by atoms with E-state index in [-0.39, 0.29) is 6.54 Å². The summed E-state index contributed by atoms with van der Waals surface area (Å²) in [4.78, 5) is 3.25. The van der Waals surface area contributed by atoms with E-state index in [9.17, 15) is 0 Å². The summed E-state index contributed by atoms with van der Waals surface area (Å²) in [5.74, 6) is 0.799. The van der Waals surface area contributed by atoms with E-state index in [2.05, 4.69) is 15.3 Å². The van der Waals surface area contributed by atoms with Crippen LogP contribution in [0.3, 0.4) is 0 Å². The van der Waals surface area contributed by atoms with E-state index in [4.69, 9.17) is 15.1 Å². The molecule has 0 bridgehead atoms. The van der Waals surface area contributed by atoms with Gasteiger partial charge in [0.1, 0.15) is 11.4 Å². The number of benzene rings is 1. The van der Waals surface area contributed by atoms with Gasteiger partial charge < -0.3 is 15.5 Å². The van der Waals surface area contributed by atoms with E-state index < -0.39 is 0 Å². The molecule has 6 heteroatoms. The molecular formula is C12H12N4O2. The summed E-state index contributed by atoms with van der Waals surface area (Å²) in [6.45, 7) is 0.289. The lowest BCUT2D eigenvalue weighted by Gasteiger charge is -1.97. The van der Waals surface area contributed by atoms with Crippen LogP contribution in [-0.4, -0.2) is 22.4 Å². The van der Waals surface area contributed by atoms with Crippen molar-refractivity contribution in [1.29, 1.82) is 0 Å². The van der Waals surface area contributed by atoms with Crippen molar-refractivity contribution in [1.82, 2.24) is 15.3 Å². The van der Waals surface area contributed by atoms with Crippen LogP contribution < -0.4 is 10.5 Å². The van der Waals surface area contributed by atoms with E-state index in [1.165, 1.54) is 0 Å². The van der Waals surface area contributed by atoms with Crippen molar-refractivity contribution >= 4 is 10.9 Å². The molecule has 2 heterocycles. The molecule has 0 fully saturated rings. The lowest BCUT2D eigenvalue weighted by molar-refractivity contribution is 0.304. The molecule has 0 unspecified atom stereocenters. The summed E-state index contributed by atoms with van der Waals surface area (Å²) in [6, 6.07) is 7.79. The minimum atomic E-state index is 0.289. The fraction of sp³-hybridized carbons (Fsp3) is 0.167. The quantitative estimate of drug-likeness (QED) is 0.731. The van der Waals surface area contributed by atoms with Crippen molar-refractivity contribution in [2.75, 3.05) is 7.11 Å². The zero-order valence-electron chi connectivity index (χ0n) is 9.80. The molecule has 6 nitrogen and oxygen atoms in total. The molecule has 2 aromatic heterocycles. The molecular weight excluding hydrogens is 232 g/mol. The van der Waals surface area contributed by atoms with Crippen LogP contribution in [0.2, 0.25) is 0 Å². The number of nitrogens with zero attached hydrogens (tertiary/aromatic N) is 2. The Morgan fingerprint density at radius 3 is 3.00 bits per heavy atom. The Balaban J connectivity index is 2.13. The number of H-pyrrole nitrogens is 1. The molecule has 0 saturated heterocycles. The lowest BCUT2D eigenvalue weighted by atomic mass is 10.2. The maximum absolute atomic E-state index is 5.58. The van der Waals surface area contributed by atoms with Crippen molar-refractivity contribution in [3.63, 3.8) is 0 Å². The third-order valence-electron chi connectivity index (χ3n) is 2.83. The normalized spacial score (nSPS) is 11.0. The van der Waals surface area contributed by atoms with Gasteiger partial charge in [0, 0.05) is 23.5 Å². The third kappa shape index (κ3) is 1.63. The average molecular weight is 244 g/mol. The highest BCUT2D eigenvalue weighted by Crippen LogP contribution is 2.27. The van der Waals surface area contributed by atoms with Gasteiger partial charge >= 0.3 is 0 Å². The maximum atomic E-state index is 5.58. The Labute approximate surface area is 103 Å². The highest BCUT2D eigenvalue weighted by atomic mass is 16.6. The molecule has 92 valence electrons. The number of methoxy groups -OCH3 is 1. The number of fused-ring (bicyclic) bond motifs is 1. The number of rotatable bonds is 3. The minimum Gasteiger partial charge on any atom is -0.497 e. The largest absolute Gasteiger partial charge is 0.497 e. The molecule has 3 aromatic rings. The van der Waals surface area contributed by atoms with Crippen molar-refractivity contribution in [3.05, 3.63) is 30.0 Å². The Hall–Kier alpha value is -2.34. The lowest BCUT2D eigenvalue weighted by Crippen LogP contribution is -1.98. The second-order valence-electron chi connectivity index (χ2n) is 3.90. The predicted molar refractivity (Wildman–Crippen MR) is 66.0 cm³/mol. The van der Waals surface area contributed by atoms with E-state index >= 15 is 0 Å². The van der Waals surface area contributed by atoms with Crippen LogP contribution in [0.5, 0.6) is 5.75 Å². The fourth-order valence-electron chi connectivity index (χ4n) is 1.91. The van der Waals surface area contributed by atoms with Gasteiger partial charge in [0.15, 0.2) is 5.69 Å². The first-order chi connectivity index (χ1) is 8.81. The van der Waals surface area contributed by atoms with Gasteiger partial charge in [-0.3, -0.25) is 0 Å². The Bertz CT molecular complexity index is 686. The maximum Gasteiger partial charge on any atom is 0.155 e. The number of aromatic nitrogens is 3. The molecule has 0 atom stereocenters. The summed E-state index contributed by atoms with van der Waals surface area (Å²) in [6.07, 6.45) is 0.